The van der Waals surface area contributed by atoms with Gasteiger partial charge in [-0.2, -0.15) is 14.1 Å². The Kier molecular flexibility index (Phi) is 55.5. The number of nitrogens with zero attached hydrogens (tertiary/aromatic N) is 1. The fourth-order valence-electron chi connectivity index (χ4n) is 0. The summed E-state index contributed by atoms with van der Waals surface area (Å²) < 4.78 is 0. The SMILES string of the molecule is C[N-]C.[Br][Ru][Br].[Ru]. The summed E-state index contributed by atoms with van der Waals surface area (Å²) in [4.78, 5) is 0. The van der Waals surface area contributed by atoms with E-state index in [4.69, 9.17) is 0 Å². The first-order valence-electron chi connectivity index (χ1n) is 1.16. The Morgan fingerprint density at radius 1 is 1.29 bits per heavy atom. The molecule has 0 amide bonds. The molecule has 0 aliphatic heterocycles. The van der Waals surface area contributed by atoms with E-state index in [0.29, 0.717) is 13.2 Å². The minimum Gasteiger partial charge on any atom is 0 e. The van der Waals surface area contributed by atoms with Gasteiger partial charge < -0.3 is 5.32 Å². The zero-order valence-electron chi connectivity index (χ0n) is 3.91. The summed E-state index contributed by atoms with van der Waals surface area (Å²) in [6, 6.07) is 0. The summed E-state index contributed by atoms with van der Waals surface area (Å²) in [5.41, 5.74) is 0. The molecule has 1 nitrogen and oxygen atoms in total. The predicted octanol–water partition coefficient (Wildman–Crippen LogP) is 2.31. The molecule has 0 saturated carbocycles. The van der Waals surface area contributed by atoms with E-state index >= 15 is 0 Å². The maximum atomic E-state index is 3.50. The third-order valence-electron chi connectivity index (χ3n) is 0. The molecule has 0 aliphatic rings. The number of hydrogen-bond donors (Lipinski definition) is 0. The van der Waals surface area contributed by atoms with Crippen molar-refractivity contribution in [2.75, 3.05) is 14.1 Å². The molecule has 0 aromatic heterocycles. The van der Waals surface area contributed by atoms with E-state index in [1.807, 2.05) is 0 Å². The van der Waals surface area contributed by atoms with Crippen molar-refractivity contribution < 1.29 is 32.7 Å². The van der Waals surface area contributed by atoms with Gasteiger partial charge in [-0.05, 0) is 0 Å². The standard InChI is InChI=1S/C2H6N.2BrH.2Ru/c1-3-2;;;;/h1-2H3;2*1H;;/q-1;;;;+2/p-2. The van der Waals surface area contributed by atoms with Gasteiger partial charge in [0, 0.05) is 19.5 Å². The van der Waals surface area contributed by atoms with Crippen LogP contribution in [0.1, 0.15) is 0 Å². The molecule has 0 aliphatic carbocycles. The van der Waals surface area contributed by atoms with Gasteiger partial charge in [-0.1, -0.05) is 0 Å². The molecule has 0 radical (unpaired) electrons. The molecule has 0 rings (SSSR count). The summed E-state index contributed by atoms with van der Waals surface area (Å²) in [5.74, 6) is 0. The fraction of sp³-hybridized carbons (Fsp3) is 1.00. The van der Waals surface area contributed by atoms with Crippen molar-refractivity contribution in [1.29, 1.82) is 0 Å². The maximum absolute atomic E-state index is 3.50. The molecule has 0 heterocycles. The maximum Gasteiger partial charge on any atom is 0 e. The topological polar surface area (TPSA) is 14.1 Å². The normalized spacial score (nSPS) is 5.71. The minimum absolute atomic E-state index is 0. The molecule has 5 heteroatoms. The first kappa shape index (κ1) is 16.1. The molecule has 0 fully saturated rings. The monoisotopic (exact) mass is 406 g/mol. The Balaban J connectivity index is -0.0000000400. The molecule has 0 N–H and O–H groups in total. The van der Waals surface area contributed by atoms with Gasteiger partial charge in [0.1, 0.15) is 0 Å². The van der Waals surface area contributed by atoms with E-state index in [9.17, 15) is 0 Å². The molecular formula is C2H6Br2NRu2-. The van der Waals surface area contributed by atoms with Crippen LogP contribution in [0.25, 0.3) is 5.32 Å². The van der Waals surface area contributed by atoms with Crippen molar-refractivity contribution in [2.45, 2.75) is 0 Å². The van der Waals surface area contributed by atoms with Crippen LogP contribution in [-0.4, -0.2) is 14.1 Å². The van der Waals surface area contributed by atoms with Crippen LogP contribution in [0.4, 0.5) is 0 Å². The summed E-state index contributed by atoms with van der Waals surface area (Å²) >= 11 is 6.64. The number of hydrogen-bond acceptors (Lipinski definition) is 0. The van der Waals surface area contributed by atoms with Crippen molar-refractivity contribution in [1.82, 2.24) is 0 Å². The van der Waals surface area contributed by atoms with E-state index in [0.717, 1.165) is 0 Å². The Hall–Kier alpha value is 2.17. The zero-order chi connectivity index (χ0) is 5.41. The van der Waals surface area contributed by atoms with Crippen molar-refractivity contribution >= 4 is 27.2 Å². The van der Waals surface area contributed by atoms with Gasteiger partial charge in [0.15, 0.2) is 0 Å². The van der Waals surface area contributed by atoms with Crippen LogP contribution >= 0.6 is 27.2 Å². The van der Waals surface area contributed by atoms with Gasteiger partial charge >= 0.3 is 40.5 Å². The molecule has 50 valence electrons. The van der Waals surface area contributed by atoms with E-state index in [-0.39, 0.29) is 19.5 Å². The van der Waals surface area contributed by atoms with Crippen LogP contribution in [0.3, 0.4) is 0 Å². The Labute approximate surface area is 78.5 Å². The van der Waals surface area contributed by atoms with E-state index < -0.39 is 0 Å². The third-order valence-corrected chi connectivity index (χ3v) is 0. The minimum atomic E-state index is 0. The van der Waals surface area contributed by atoms with E-state index in [2.05, 4.69) is 32.6 Å². The van der Waals surface area contributed by atoms with Crippen LogP contribution in [0.15, 0.2) is 0 Å². The second kappa shape index (κ2) is 24.2. The van der Waals surface area contributed by atoms with Gasteiger partial charge in [-0.3, -0.25) is 0 Å². The van der Waals surface area contributed by atoms with Crippen LogP contribution < -0.4 is 0 Å². The van der Waals surface area contributed by atoms with Crippen molar-refractivity contribution in [2.24, 2.45) is 0 Å². The molecule has 0 bridgehead atoms. The molecular weight excluding hydrogens is 400 g/mol. The summed E-state index contributed by atoms with van der Waals surface area (Å²) in [6.07, 6.45) is 0. The fourth-order valence-corrected chi connectivity index (χ4v) is 0. The first-order valence-corrected chi connectivity index (χ1v) is 9.11. The first-order chi connectivity index (χ1) is 2.83. The largest absolute Gasteiger partial charge is 0 e. The Morgan fingerprint density at radius 3 is 1.29 bits per heavy atom. The molecule has 7 heavy (non-hydrogen) atoms. The van der Waals surface area contributed by atoms with Crippen molar-refractivity contribution in [3.8, 4) is 0 Å². The summed E-state index contributed by atoms with van der Waals surface area (Å²) in [7, 11) is 3.50. The average Bonchev–Trinajstić information content (AvgIpc) is 1.39. The Morgan fingerprint density at radius 2 is 1.29 bits per heavy atom. The van der Waals surface area contributed by atoms with Crippen LogP contribution in [-0.2, 0) is 32.7 Å². The van der Waals surface area contributed by atoms with Crippen molar-refractivity contribution in [3.63, 3.8) is 0 Å². The molecule has 0 aromatic rings. The summed E-state index contributed by atoms with van der Waals surface area (Å²) in [6.45, 7) is 0. The van der Waals surface area contributed by atoms with Crippen molar-refractivity contribution in [3.05, 3.63) is 5.32 Å². The second-order valence-electron chi connectivity index (χ2n) is 0.498. The molecule has 0 atom stereocenters. The van der Waals surface area contributed by atoms with Crippen LogP contribution in [0, 0.1) is 0 Å². The van der Waals surface area contributed by atoms with Crippen LogP contribution in [0.5, 0.6) is 0 Å². The molecule has 0 aromatic carbocycles. The van der Waals surface area contributed by atoms with Crippen LogP contribution in [0.2, 0.25) is 0 Å². The van der Waals surface area contributed by atoms with Gasteiger partial charge in [0.2, 0.25) is 0 Å². The average molecular weight is 406 g/mol. The number of rotatable bonds is 0. The molecule has 0 spiro atoms. The van der Waals surface area contributed by atoms with Gasteiger partial charge in [-0.15, -0.1) is 0 Å². The van der Waals surface area contributed by atoms with Gasteiger partial charge in [-0.25, -0.2) is 0 Å². The smallest absolute Gasteiger partial charge is 0 e. The van der Waals surface area contributed by atoms with E-state index in [1.54, 1.807) is 14.1 Å². The predicted molar refractivity (Wildman–Crippen MR) is 33.1 cm³/mol. The molecule has 0 unspecified atom stereocenters. The molecule has 0 saturated heterocycles. The Bertz CT molecular complexity index is 15.7. The zero-order valence-corrected chi connectivity index (χ0v) is 10.6. The van der Waals surface area contributed by atoms with Gasteiger partial charge in [0.05, 0.1) is 0 Å². The number of halogens is 2. The van der Waals surface area contributed by atoms with E-state index in [1.165, 1.54) is 0 Å². The summed E-state index contributed by atoms with van der Waals surface area (Å²) in [5, 5.41) is 3.50. The quantitative estimate of drug-likeness (QED) is 0.549. The third kappa shape index (κ3) is 66.2. The second-order valence-corrected chi connectivity index (χ2v) is 8.52. The van der Waals surface area contributed by atoms with Gasteiger partial charge in [0.25, 0.3) is 0 Å².